The Morgan fingerprint density at radius 3 is 2.42 bits per heavy atom. The molecule has 2 heterocycles. The molecule has 0 aliphatic carbocycles. The molecule has 0 radical (unpaired) electrons. The first-order chi connectivity index (χ1) is 9.25. The molecular formula is C16H33N3. The highest BCUT2D eigenvalue weighted by molar-refractivity contribution is 4.75. The molecule has 0 saturated carbocycles. The monoisotopic (exact) mass is 267 g/mol. The molecule has 2 saturated heterocycles. The lowest BCUT2D eigenvalue weighted by Gasteiger charge is -2.35. The molecule has 112 valence electrons. The van der Waals surface area contributed by atoms with Crippen LogP contribution in [0.25, 0.3) is 0 Å². The van der Waals surface area contributed by atoms with Gasteiger partial charge >= 0.3 is 0 Å². The zero-order valence-corrected chi connectivity index (χ0v) is 13.0. The van der Waals surface area contributed by atoms with Crippen molar-refractivity contribution in [3.05, 3.63) is 0 Å². The lowest BCUT2D eigenvalue weighted by Crippen LogP contribution is -2.44. The summed E-state index contributed by atoms with van der Waals surface area (Å²) < 4.78 is 0. The minimum atomic E-state index is 0.694. The van der Waals surface area contributed by atoms with Crippen LogP contribution >= 0.6 is 0 Å². The van der Waals surface area contributed by atoms with Crippen LogP contribution in [0.15, 0.2) is 0 Å². The third-order valence-corrected chi connectivity index (χ3v) is 4.83. The Bertz CT molecular complexity index is 230. The van der Waals surface area contributed by atoms with Gasteiger partial charge in [0.2, 0.25) is 0 Å². The molecule has 2 aliphatic rings. The van der Waals surface area contributed by atoms with Gasteiger partial charge in [0, 0.05) is 25.7 Å². The molecule has 0 aromatic carbocycles. The Hall–Kier alpha value is -0.120. The first kappa shape index (κ1) is 15.3. The molecule has 0 bridgehead atoms. The van der Waals surface area contributed by atoms with E-state index in [-0.39, 0.29) is 0 Å². The first-order valence-electron chi connectivity index (χ1n) is 8.43. The van der Waals surface area contributed by atoms with E-state index < -0.39 is 0 Å². The van der Waals surface area contributed by atoms with Crippen molar-refractivity contribution in [2.24, 2.45) is 5.92 Å². The van der Waals surface area contributed by atoms with E-state index in [0.717, 1.165) is 5.92 Å². The number of likely N-dealkylation sites (tertiary alicyclic amines) is 1. The van der Waals surface area contributed by atoms with Gasteiger partial charge in [-0.2, -0.15) is 0 Å². The van der Waals surface area contributed by atoms with Gasteiger partial charge in [-0.3, -0.25) is 4.90 Å². The number of piperidine rings is 2. The smallest absolute Gasteiger partial charge is 0.0112 e. The maximum atomic E-state index is 3.47. The second kappa shape index (κ2) is 8.23. The van der Waals surface area contributed by atoms with Gasteiger partial charge in [-0.1, -0.05) is 6.42 Å². The number of nitrogens with one attached hydrogen (secondary N) is 1. The number of hydrogen-bond acceptors (Lipinski definition) is 3. The average molecular weight is 267 g/mol. The molecule has 19 heavy (non-hydrogen) atoms. The lowest BCUT2D eigenvalue weighted by molar-refractivity contribution is 0.134. The van der Waals surface area contributed by atoms with Crippen molar-refractivity contribution in [2.75, 3.05) is 45.8 Å². The maximum Gasteiger partial charge on any atom is 0.0112 e. The quantitative estimate of drug-likeness (QED) is 0.796. The Kier molecular flexibility index (Phi) is 6.62. The number of hydrogen-bond donors (Lipinski definition) is 1. The van der Waals surface area contributed by atoms with Crippen LogP contribution in [0.1, 0.15) is 46.0 Å². The summed E-state index contributed by atoms with van der Waals surface area (Å²) in [5.41, 5.74) is 0. The van der Waals surface area contributed by atoms with Crippen molar-refractivity contribution in [2.45, 2.75) is 52.0 Å². The molecule has 2 aliphatic heterocycles. The highest BCUT2D eigenvalue weighted by atomic mass is 15.2. The van der Waals surface area contributed by atoms with Crippen LogP contribution in [0, 0.1) is 5.92 Å². The Morgan fingerprint density at radius 2 is 1.79 bits per heavy atom. The molecule has 0 aromatic heterocycles. The molecule has 3 heteroatoms. The second-order valence-corrected chi connectivity index (χ2v) is 6.68. The predicted octanol–water partition coefficient (Wildman–Crippen LogP) is 2.18. The van der Waals surface area contributed by atoms with E-state index in [2.05, 4.69) is 29.0 Å². The van der Waals surface area contributed by atoms with Crippen LogP contribution < -0.4 is 5.32 Å². The number of rotatable bonds is 6. The molecule has 1 N–H and O–H groups in total. The molecule has 0 aromatic rings. The maximum absolute atomic E-state index is 3.47. The van der Waals surface area contributed by atoms with Crippen molar-refractivity contribution >= 4 is 0 Å². The van der Waals surface area contributed by atoms with Crippen molar-refractivity contribution in [1.29, 1.82) is 0 Å². The molecule has 0 amide bonds. The van der Waals surface area contributed by atoms with E-state index in [4.69, 9.17) is 0 Å². The summed E-state index contributed by atoms with van der Waals surface area (Å²) in [6, 6.07) is 0.694. The first-order valence-corrected chi connectivity index (χ1v) is 8.43. The van der Waals surface area contributed by atoms with E-state index in [9.17, 15) is 0 Å². The van der Waals surface area contributed by atoms with Gasteiger partial charge in [0.25, 0.3) is 0 Å². The second-order valence-electron chi connectivity index (χ2n) is 6.68. The van der Waals surface area contributed by atoms with Crippen molar-refractivity contribution in [3.8, 4) is 0 Å². The van der Waals surface area contributed by atoms with E-state index >= 15 is 0 Å². The molecular weight excluding hydrogens is 234 g/mol. The Balaban J connectivity index is 1.71. The van der Waals surface area contributed by atoms with Crippen molar-refractivity contribution in [3.63, 3.8) is 0 Å². The summed E-state index contributed by atoms with van der Waals surface area (Å²) in [7, 11) is 0. The summed E-state index contributed by atoms with van der Waals surface area (Å²) in [5, 5.41) is 3.47. The van der Waals surface area contributed by atoms with Gasteiger partial charge in [0.15, 0.2) is 0 Å². The summed E-state index contributed by atoms with van der Waals surface area (Å²) in [6.07, 6.45) is 7.01. The van der Waals surface area contributed by atoms with Crippen LogP contribution in [0.3, 0.4) is 0 Å². The van der Waals surface area contributed by atoms with Gasteiger partial charge in [0.1, 0.15) is 0 Å². The van der Waals surface area contributed by atoms with Gasteiger partial charge in [-0.05, 0) is 71.6 Å². The normalized spacial score (nSPS) is 23.4. The lowest BCUT2D eigenvalue weighted by atomic mass is 9.97. The van der Waals surface area contributed by atoms with Crippen molar-refractivity contribution < 1.29 is 0 Å². The molecule has 2 fully saturated rings. The van der Waals surface area contributed by atoms with Crippen LogP contribution in [-0.4, -0.2) is 61.7 Å². The molecule has 2 rings (SSSR count). The minimum absolute atomic E-state index is 0.694. The van der Waals surface area contributed by atoms with E-state index in [1.165, 1.54) is 77.9 Å². The van der Waals surface area contributed by atoms with Gasteiger partial charge in [0.05, 0.1) is 0 Å². The van der Waals surface area contributed by atoms with E-state index in [1.807, 2.05) is 0 Å². The van der Waals surface area contributed by atoms with Crippen LogP contribution in [0.4, 0.5) is 0 Å². The molecule has 0 atom stereocenters. The fourth-order valence-electron chi connectivity index (χ4n) is 3.41. The van der Waals surface area contributed by atoms with E-state index in [0.29, 0.717) is 6.04 Å². The zero-order chi connectivity index (χ0) is 13.5. The topological polar surface area (TPSA) is 18.5 Å². The molecule has 0 unspecified atom stereocenters. The number of nitrogens with zero attached hydrogens (tertiary/aromatic N) is 2. The predicted molar refractivity (Wildman–Crippen MR) is 82.6 cm³/mol. The van der Waals surface area contributed by atoms with Crippen LogP contribution in [0.5, 0.6) is 0 Å². The Labute approximate surface area is 119 Å². The summed E-state index contributed by atoms with van der Waals surface area (Å²) >= 11 is 0. The highest BCUT2D eigenvalue weighted by Crippen LogP contribution is 2.15. The fourth-order valence-corrected chi connectivity index (χ4v) is 3.41. The van der Waals surface area contributed by atoms with E-state index in [1.54, 1.807) is 0 Å². The summed E-state index contributed by atoms with van der Waals surface area (Å²) in [5.74, 6) is 0.921. The van der Waals surface area contributed by atoms with Gasteiger partial charge in [-0.25, -0.2) is 0 Å². The standard InChI is InChI=1S/C16H33N3/c1-15(2)19(14-16-6-8-17-9-7-16)13-12-18-10-4-3-5-11-18/h15-17H,3-14H2,1-2H3. The summed E-state index contributed by atoms with van der Waals surface area (Å²) in [4.78, 5) is 5.38. The van der Waals surface area contributed by atoms with Crippen molar-refractivity contribution in [1.82, 2.24) is 15.1 Å². The summed E-state index contributed by atoms with van der Waals surface area (Å²) in [6.45, 7) is 13.7. The van der Waals surface area contributed by atoms with Crippen LogP contribution in [-0.2, 0) is 0 Å². The molecule has 0 spiro atoms. The highest BCUT2D eigenvalue weighted by Gasteiger charge is 2.19. The van der Waals surface area contributed by atoms with Crippen LogP contribution in [0.2, 0.25) is 0 Å². The van der Waals surface area contributed by atoms with Gasteiger partial charge < -0.3 is 10.2 Å². The zero-order valence-electron chi connectivity index (χ0n) is 13.0. The third kappa shape index (κ3) is 5.41. The fraction of sp³-hybridized carbons (Fsp3) is 1.00. The third-order valence-electron chi connectivity index (χ3n) is 4.83. The SMILES string of the molecule is CC(C)N(CCN1CCCCC1)CC1CCNCC1. The minimum Gasteiger partial charge on any atom is -0.317 e. The Morgan fingerprint density at radius 1 is 1.11 bits per heavy atom. The molecule has 3 nitrogen and oxygen atoms in total. The van der Waals surface area contributed by atoms with Gasteiger partial charge in [-0.15, -0.1) is 0 Å². The average Bonchev–Trinajstić information content (AvgIpc) is 2.45. The largest absolute Gasteiger partial charge is 0.317 e.